The van der Waals surface area contributed by atoms with E-state index < -0.39 is 33.7 Å². The minimum Gasteiger partial charge on any atom is -0.480 e. The first-order chi connectivity index (χ1) is 17.1. The van der Waals surface area contributed by atoms with Crippen LogP contribution in [0.5, 0.6) is 0 Å². The number of aryl methyl sites for hydroxylation is 2. The van der Waals surface area contributed by atoms with E-state index in [0.29, 0.717) is 43.0 Å². The van der Waals surface area contributed by atoms with Crippen LogP contribution < -0.4 is 20.7 Å². The summed E-state index contributed by atoms with van der Waals surface area (Å²) < 4.78 is 28.6. The number of carboxylic acid groups (broad SMARTS) is 1. The number of aromatic nitrogens is 2. The number of imidazole rings is 1. The largest absolute Gasteiger partial charge is 0.480 e. The number of H-pyrrole nitrogens is 1. The number of rotatable bonds is 11. The van der Waals surface area contributed by atoms with E-state index >= 15 is 0 Å². The van der Waals surface area contributed by atoms with E-state index in [1.54, 1.807) is 44.4 Å². The number of hydrogen-bond donors (Lipinski definition) is 6. The van der Waals surface area contributed by atoms with Crippen molar-refractivity contribution in [3.8, 4) is 0 Å². The number of amides is 1. The van der Waals surface area contributed by atoms with Crippen molar-refractivity contribution in [2.24, 2.45) is 5.16 Å². The van der Waals surface area contributed by atoms with Gasteiger partial charge < -0.3 is 30.9 Å². The number of sulfonamides is 1. The number of anilines is 1. The van der Waals surface area contributed by atoms with Crippen LogP contribution >= 0.6 is 0 Å². The van der Waals surface area contributed by atoms with Crippen LogP contribution in [-0.2, 0) is 24.4 Å². The molecule has 4 rings (SSSR count). The molecule has 2 aliphatic heterocycles. The molecule has 1 spiro atoms. The zero-order valence-electron chi connectivity index (χ0n) is 19.8. The lowest BCUT2D eigenvalue weighted by Crippen LogP contribution is -2.57. The maximum Gasteiger partial charge on any atom is 0.324 e. The Morgan fingerprint density at radius 3 is 2.75 bits per heavy atom. The van der Waals surface area contributed by atoms with Gasteiger partial charge in [0.1, 0.15) is 6.04 Å². The molecule has 194 valence electrons. The number of benzene rings is 1. The molecule has 0 aliphatic carbocycles. The third-order valence-electron chi connectivity index (χ3n) is 6.37. The second-order valence-electron chi connectivity index (χ2n) is 9.05. The van der Waals surface area contributed by atoms with Crippen molar-refractivity contribution in [2.75, 3.05) is 18.4 Å². The Morgan fingerprint density at radius 1 is 1.36 bits per heavy atom. The number of carbonyl (C=O) groups is 2. The molecule has 2 aromatic rings. The number of aliphatic carboxylic acids is 1. The Kier molecular flexibility index (Phi) is 7.28. The van der Waals surface area contributed by atoms with Crippen LogP contribution in [0.2, 0.25) is 0 Å². The Labute approximate surface area is 208 Å². The molecule has 1 aromatic heterocycles. The number of nitrogens with one attached hydrogen (secondary N) is 5. The molecule has 13 nitrogen and oxygen atoms in total. The third kappa shape index (κ3) is 5.34. The van der Waals surface area contributed by atoms with Gasteiger partial charge in [-0.25, -0.2) is 13.4 Å². The molecule has 1 amide bonds. The van der Waals surface area contributed by atoms with Crippen molar-refractivity contribution in [1.29, 1.82) is 0 Å². The fourth-order valence-corrected chi connectivity index (χ4v) is 6.41. The normalized spacial score (nSPS) is 23.1. The van der Waals surface area contributed by atoms with E-state index in [4.69, 9.17) is 4.84 Å². The first-order valence-corrected chi connectivity index (χ1v) is 12.8. The summed E-state index contributed by atoms with van der Waals surface area (Å²) in [6.45, 7) is 4.27. The van der Waals surface area contributed by atoms with Crippen LogP contribution in [0.25, 0.3) is 0 Å². The molecule has 2 aliphatic rings. The number of nitrogens with zero attached hydrogens (tertiary/aromatic N) is 2. The van der Waals surface area contributed by atoms with Gasteiger partial charge in [0.15, 0.2) is 11.5 Å². The van der Waals surface area contributed by atoms with Gasteiger partial charge in [-0.05, 0) is 25.0 Å². The average Bonchev–Trinajstić information content (AvgIpc) is 3.57. The van der Waals surface area contributed by atoms with Gasteiger partial charge in [0.2, 0.25) is 16.4 Å². The summed E-state index contributed by atoms with van der Waals surface area (Å²) in [5, 5.41) is 23.0. The van der Waals surface area contributed by atoms with Crippen molar-refractivity contribution >= 4 is 34.1 Å². The lowest BCUT2D eigenvalue weighted by Gasteiger charge is -2.25. The lowest BCUT2D eigenvalue weighted by atomic mass is 9.90. The first-order valence-electron chi connectivity index (χ1n) is 11.4. The SMILES string of the molecule is Cc1cccc(C)c1S(=O)(=O)NC(C(=O)O)C(NC=O)C1=NO[C@]2(CNC(CNc3ncc[nH]3)C2)C1. The molecule has 36 heavy (non-hydrogen) atoms. The molecule has 3 unspecified atom stereocenters. The van der Waals surface area contributed by atoms with Crippen LogP contribution in [0.3, 0.4) is 0 Å². The molecule has 0 radical (unpaired) electrons. The summed E-state index contributed by atoms with van der Waals surface area (Å²) in [5.74, 6) is -0.823. The second kappa shape index (κ2) is 10.2. The molecule has 3 heterocycles. The molecule has 1 saturated heterocycles. The molecule has 14 heteroatoms. The molecule has 0 saturated carbocycles. The summed E-state index contributed by atoms with van der Waals surface area (Å²) in [6.07, 6.45) is 4.45. The van der Waals surface area contributed by atoms with Crippen molar-refractivity contribution in [3.63, 3.8) is 0 Å². The quantitative estimate of drug-likeness (QED) is 0.220. The summed E-state index contributed by atoms with van der Waals surface area (Å²) >= 11 is 0. The van der Waals surface area contributed by atoms with Gasteiger partial charge >= 0.3 is 5.97 Å². The molecular weight excluding hydrogens is 490 g/mol. The fraction of sp³-hybridized carbons (Fsp3) is 0.455. The highest BCUT2D eigenvalue weighted by atomic mass is 32.2. The van der Waals surface area contributed by atoms with Crippen molar-refractivity contribution < 1.29 is 28.0 Å². The van der Waals surface area contributed by atoms with E-state index in [9.17, 15) is 23.1 Å². The van der Waals surface area contributed by atoms with Gasteiger partial charge in [-0.15, -0.1) is 0 Å². The summed E-state index contributed by atoms with van der Waals surface area (Å²) in [5.41, 5.74) is 0.444. The molecule has 6 N–H and O–H groups in total. The van der Waals surface area contributed by atoms with Crippen molar-refractivity contribution in [1.82, 2.24) is 25.3 Å². The smallest absolute Gasteiger partial charge is 0.324 e. The minimum atomic E-state index is -4.24. The van der Waals surface area contributed by atoms with Gasteiger partial charge in [-0.3, -0.25) is 9.59 Å². The van der Waals surface area contributed by atoms with Gasteiger partial charge in [0.05, 0.1) is 16.6 Å². The van der Waals surface area contributed by atoms with Crippen LogP contribution in [0.15, 0.2) is 40.6 Å². The maximum absolute atomic E-state index is 13.2. The monoisotopic (exact) mass is 519 g/mol. The zero-order valence-corrected chi connectivity index (χ0v) is 20.6. The highest BCUT2D eigenvalue weighted by Crippen LogP contribution is 2.34. The lowest BCUT2D eigenvalue weighted by molar-refractivity contribution is -0.139. The summed E-state index contributed by atoms with van der Waals surface area (Å²) in [4.78, 5) is 36.4. The second-order valence-corrected chi connectivity index (χ2v) is 10.7. The Morgan fingerprint density at radius 2 is 2.11 bits per heavy atom. The van der Waals surface area contributed by atoms with Crippen LogP contribution in [0.4, 0.5) is 5.95 Å². The first kappa shape index (κ1) is 25.6. The Bertz CT molecular complexity index is 1230. The molecule has 1 fully saturated rings. The number of oxime groups is 1. The standard InChI is InChI=1S/C22H29N7O6S/c1-13-4-3-5-14(2)19(13)36(33,34)29-18(20(31)32)17(27-12-30)16-9-22(35-28-16)8-15(26-11-22)10-25-21-23-6-7-24-21/h3-7,12,15,17-18,26,29H,8-11H2,1-2H3,(H,27,30)(H,31,32)(H2,23,24,25)/t15?,17?,18?,22-/m0/s1. The van der Waals surface area contributed by atoms with Crippen LogP contribution in [0, 0.1) is 13.8 Å². The van der Waals surface area contributed by atoms with Crippen LogP contribution in [0.1, 0.15) is 24.0 Å². The van der Waals surface area contributed by atoms with Gasteiger partial charge in [-0.2, -0.15) is 4.72 Å². The molecule has 1 aromatic carbocycles. The summed E-state index contributed by atoms with van der Waals surface area (Å²) in [6, 6.07) is 2.04. The number of carbonyl (C=O) groups excluding carboxylic acids is 1. The Balaban J connectivity index is 1.49. The highest BCUT2D eigenvalue weighted by Gasteiger charge is 2.49. The minimum absolute atomic E-state index is 0.00549. The van der Waals surface area contributed by atoms with E-state index in [1.165, 1.54) is 0 Å². The van der Waals surface area contributed by atoms with E-state index in [-0.39, 0.29) is 23.1 Å². The van der Waals surface area contributed by atoms with E-state index in [0.717, 1.165) is 0 Å². The van der Waals surface area contributed by atoms with Gasteiger partial charge in [0.25, 0.3) is 0 Å². The molecular formula is C22H29N7O6S. The van der Waals surface area contributed by atoms with Gasteiger partial charge in [-0.1, -0.05) is 23.4 Å². The van der Waals surface area contributed by atoms with Crippen LogP contribution in [-0.4, -0.2) is 78.4 Å². The van der Waals surface area contributed by atoms with Crippen molar-refractivity contribution in [3.05, 3.63) is 41.7 Å². The Hall–Kier alpha value is -3.49. The predicted molar refractivity (Wildman–Crippen MR) is 130 cm³/mol. The highest BCUT2D eigenvalue weighted by molar-refractivity contribution is 7.89. The zero-order chi connectivity index (χ0) is 25.9. The third-order valence-corrected chi connectivity index (χ3v) is 8.12. The van der Waals surface area contributed by atoms with E-state index in [1.807, 2.05) is 0 Å². The fourth-order valence-electron chi connectivity index (χ4n) is 4.74. The van der Waals surface area contributed by atoms with Crippen molar-refractivity contribution in [2.45, 2.75) is 55.3 Å². The van der Waals surface area contributed by atoms with Gasteiger partial charge in [0, 0.05) is 44.4 Å². The molecule has 4 atom stereocenters. The number of carboxylic acids is 1. The summed E-state index contributed by atoms with van der Waals surface area (Å²) in [7, 11) is -4.24. The maximum atomic E-state index is 13.2. The molecule has 0 bridgehead atoms. The number of aromatic amines is 1. The van der Waals surface area contributed by atoms with E-state index in [2.05, 4.69) is 35.8 Å². The average molecular weight is 520 g/mol. The predicted octanol–water partition coefficient (Wildman–Crippen LogP) is -0.138. The topological polar surface area (TPSA) is 187 Å². The number of hydrogen-bond acceptors (Lipinski definition) is 9.